The van der Waals surface area contributed by atoms with Gasteiger partial charge in [0.15, 0.2) is 0 Å². The topological polar surface area (TPSA) is 32.3 Å². The van der Waals surface area contributed by atoms with Gasteiger partial charge >= 0.3 is 0 Å². The molecular weight excluding hydrogens is 217 g/mol. The van der Waals surface area contributed by atoms with Crippen LogP contribution in [0.3, 0.4) is 0 Å². The molecule has 2 N–H and O–H groups in total. The quantitative estimate of drug-likeness (QED) is 0.828. The lowest BCUT2D eigenvalue weighted by atomic mass is 9.92. The van der Waals surface area contributed by atoms with E-state index in [4.69, 9.17) is 0 Å². The van der Waals surface area contributed by atoms with E-state index in [1.54, 1.807) is 12.1 Å². The average Bonchev–Trinajstić information content (AvgIpc) is 2.27. The van der Waals surface area contributed by atoms with Crippen molar-refractivity contribution < 1.29 is 9.50 Å². The Morgan fingerprint density at radius 2 is 1.76 bits per heavy atom. The van der Waals surface area contributed by atoms with Gasteiger partial charge in [0, 0.05) is 12.6 Å². The molecule has 2 nitrogen and oxygen atoms in total. The number of hydrogen-bond donors (Lipinski definition) is 2. The summed E-state index contributed by atoms with van der Waals surface area (Å²) < 4.78 is 12.8. The molecule has 0 fully saturated rings. The van der Waals surface area contributed by atoms with Gasteiger partial charge in [-0.25, -0.2) is 4.39 Å². The Morgan fingerprint density at radius 1 is 1.24 bits per heavy atom. The molecule has 0 heterocycles. The van der Waals surface area contributed by atoms with E-state index in [2.05, 4.69) is 5.32 Å². The molecule has 0 aliphatic heterocycles. The fourth-order valence-electron chi connectivity index (χ4n) is 1.43. The van der Waals surface area contributed by atoms with Gasteiger partial charge in [0.1, 0.15) is 5.82 Å². The zero-order chi connectivity index (χ0) is 13.1. The number of nitrogens with one attached hydrogen (secondary N) is 1. The van der Waals surface area contributed by atoms with Crippen molar-refractivity contribution in [3.05, 3.63) is 35.6 Å². The van der Waals surface area contributed by atoms with Gasteiger partial charge in [-0.15, -0.1) is 0 Å². The number of hydrogen-bond acceptors (Lipinski definition) is 2. The molecule has 1 rings (SSSR count). The van der Waals surface area contributed by atoms with E-state index in [9.17, 15) is 9.50 Å². The van der Waals surface area contributed by atoms with Gasteiger partial charge in [0.2, 0.25) is 0 Å². The summed E-state index contributed by atoms with van der Waals surface area (Å²) in [6.45, 7) is 8.32. The summed E-state index contributed by atoms with van der Waals surface area (Å²) in [5, 5.41) is 13.4. The van der Waals surface area contributed by atoms with E-state index in [1.165, 1.54) is 12.1 Å². The van der Waals surface area contributed by atoms with Crippen molar-refractivity contribution in [2.45, 2.75) is 39.3 Å². The van der Waals surface area contributed by atoms with E-state index >= 15 is 0 Å². The highest BCUT2D eigenvalue weighted by Crippen LogP contribution is 2.18. The van der Waals surface area contributed by atoms with E-state index in [0.717, 1.165) is 5.56 Å². The Hall–Kier alpha value is -0.930. The molecule has 1 aromatic rings. The molecule has 0 amide bonds. The smallest absolute Gasteiger partial charge is 0.123 e. The maximum atomic E-state index is 12.8. The Labute approximate surface area is 103 Å². The zero-order valence-corrected chi connectivity index (χ0v) is 11.0. The van der Waals surface area contributed by atoms with Crippen LogP contribution >= 0.6 is 0 Å². The Morgan fingerprint density at radius 3 is 2.24 bits per heavy atom. The number of halogens is 1. The summed E-state index contributed by atoms with van der Waals surface area (Å²) in [4.78, 5) is 0. The maximum absolute atomic E-state index is 12.8. The van der Waals surface area contributed by atoms with Gasteiger partial charge in [-0.3, -0.25) is 0 Å². The monoisotopic (exact) mass is 239 g/mol. The Kier molecular flexibility index (Phi) is 4.66. The van der Waals surface area contributed by atoms with Crippen LogP contribution in [-0.2, 0) is 0 Å². The summed E-state index contributed by atoms with van der Waals surface area (Å²) in [5.74, 6) is -0.0365. The van der Waals surface area contributed by atoms with Crippen LogP contribution in [0.1, 0.15) is 39.3 Å². The van der Waals surface area contributed by atoms with Gasteiger partial charge in [-0.05, 0) is 37.5 Å². The molecule has 2 atom stereocenters. The van der Waals surface area contributed by atoms with Crippen molar-refractivity contribution in [1.29, 1.82) is 0 Å². The second kappa shape index (κ2) is 5.61. The summed E-state index contributed by atoms with van der Waals surface area (Å²) in [6.07, 6.45) is 0. The van der Waals surface area contributed by atoms with E-state index in [1.807, 2.05) is 27.7 Å². The van der Waals surface area contributed by atoms with Crippen LogP contribution in [0.25, 0.3) is 0 Å². The molecule has 0 spiro atoms. The Balaban J connectivity index is 2.55. The van der Waals surface area contributed by atoms with Crippen molar-refractivity contribution in [3.8, 4) is 0 Å². The molecule has 0 aliphatic carbocycles. The molecule has 0 saturated carbocycles. The first-order valence-electron chi connectivity index (χ1n) is 6.04. The molecule has 96 valence electrons. The average molecular weight is 239 g/mol. The minimum Gasteiger partial charge on any atom is -0.389 e. The fraction of sp³-hybridized carbons (Fsp3) is 0.571. The molecular formula is C14H22FNO. The second-order valence-electron chi connectivity index (χ2n) is 5.17. The summed E-state index contributed by atoms with van der Waals surface area (Å²) in [5.41, 5.74) is 0.292. The summed E-state index contributed by atoms with van der Waals surface area (Å²) in [7, 11) is 0. The first-order valence-corrected chi connectivity index (χ1v) is 6.04. The largest absolute Gasteiger partial charge is 0.389 e. The maximum Gasteiger partial charge on any atom is 0.123 e. The van der Waals surface area contributed by atoms with Crippen molar-refractivity contribution in [2.75, 3.05) is 6.54 Å². The molecule has 0 aliphatic rings. The van der Waals surface area contributed by atoms with Crippen molar-refractivity contribution in [2.24, 2.45) is 5.92 Å². The van der Waals surface area contributed by atoms with E-state index in [-0.39, 0.29) is 17.8 Å². The molecule has 1 aromatic carbocycles. The summed E-state index contributed by atoms with van der Waals surface area (Å²) in [6, 6.07) is 6.52. The third-order valence-corrected chi connectivity index (χ3v) is 3.38. The van der Waals surface area contributed by atoms with Gasteiger partial charge < -0.3 is 10.4 Å². The van der Waals surface area contributed by atoms with Gasteiger partial charge in [0.05, 0.1) is 5.60 Å². The lowest BCUT2D eigenvalue weighted by Gasteiger charge is -2.29. The van der Waals surface area contributed by atoms with Gasteiger partial charge in [-0.1, -0.05) is 26.0 Å². The first kappa shape index (κ1) is 14.1. The standard InChI is InChI=1S/C14H22FNO/c1-10(2)14(4,17)9-16-11(3)12-5-7-13(15)8-6-12/h5-8,10-11,16-17H,9H2,1-4H3/t11-,14?/m0/s1. The zero-order valence-electron chi connectivity index (χ0n) is 11.0. The van der Waals surface area contributed by atoms with Crippen molar-refractivity contribution >= 4 is 0 Å². The SMILES string of the molecule is CC(C)C(C)(O)CN[C@@H](C)c1ccc(F)cc1. The van der Waals surface area contributed by atoms with Crippen LogP contribution in [-0.4, -0.2) is 17.3 Å². The first-order chi connectivity index (χ1) is 7.83. The van der Waals surface area contributed by atoms with Crippen molar-refractivity contribution in [3.63, 3.8) is 0 Å². The number of aliphatic hydroxyl groups is 1. The molecule has 0 radical (unpaired) electrons. The van der Waals surface area contributed by atoms with Crippen LogP contribution in [0.15, 0.2) is 24.3 Å². The molecule has 0 bridgehead atoms. The normalized spacial score (nSPS) is 16.9. The number of rotatable bonds is 5. The summed E-state index contributed by atoms with van der Waals surface area (Å²) >= 11 is 0. The minimum atomic E-state index is -0.728. The van der Waals surface area contributed by atoms with Gasteiger partial charge in [0.25, 0.3) is 0 Å². The van der Waals surface area contributed by atoms with Crippen LogP contribution < -0.4 is 5.32 Å². The number of benzene rings is 1. The predicted octanol–water partition coefficient (Wildman–Crippen LogP) is 2.88. The van der Waals surface area contributed by atoms with E-state index < -0.39 is 5.60 Å². The molecule has 1 unspecified atom stereocenters. The van der Waals surface area contributed by atoms with Crippen LogP contribution in [0, 0.1) is 11.7 Å². The molecule has 3 heteroatoms. The van der Waals surface area contributed by atoms with Crippen molar-refractivity contribution in [1.82, 2.24) is 5.32 Å². The third-order valence-electron chi connectivity index (χ3n) is 3.38. The molecule has 17 heavy (non-hydrogen) atoms. The molecule has 0 saturated heterocycles. The minimum absolute atomic E-state index is 0.0980. The molecule has 0 aromatic heterocycles. The van der Waals surface area contributed by atoms with Crippen LogP contribution in [0.5, 0.6) is 0 Å². The van der Waals surface area contributed by atoms with Crippen LogP contribution in [0.4, 0.5) is 4.39 Å². The van der Waals surface area contributed by atoms with Crippen LogP contribution in [0.2, 0.25) is 0 Å². The second-order valence-corrected chi connectivity index (χ2v) is 5.17. The third kappa shape index (κ3) is 4.10. The lowest BCUT2D eigenvalue weighted by Crippen LogP contribution is -2.42. The highest BCUT2D eigenvalue weighted by Gasteiger charge is 2.25. The highest BCUT2D eigenvalue weighted by molar-refractivity contribution is 5.19. The fourth-order valence-corrected chi connectivity index (χ4v) is 1.43. The predicted molar refractivity (Wildman–Crippen MR) is 68.3 cm³/mol. The van der Waals surface area contributed by atoms with E-state index in [0.29, 0.717) is 6.54 Å². The highest BCUT2D eigenvalue weighted by atomic mass is 19.1. The Bertz CT molecular complexity index is 346. The van der Waals surface area contributed by atoms with Gasteiger partial charge in [-0.2, -0.15) is 0 Å². The lowest BCUT2D eigenvalue weighted by molar-refractivity contribution is 0.0122.